The minimum absolute atomic E-state index is 0.191. The highest BCUT2D eigenvalue weighted by Gasteiger charge is 2.09. The van der Waals surface area contributed by atoms with Crippen molar-refractivity contribution in [3.8, 4) is 5.75 Å². The smallest absolute Gasteiger partial charge is 0.311 e. The highest BCUT2D eigenvalue weighted by atomic mass is 79.9. The van der Waals surface area contributed by atoms with Crippen molar-refractivity contribution in [2.45, 2.75) is 19.8 Å². The van der Waals surface area contributed by atoms with Gasteiger partial charge >= 0.3 is 5.97 Å². The lowest BCUT2D eigenvalue weighted by Gasteiger charge is -2.01. The molecule has 0 aliphatic carbocycles. The average molecular weight is 282 g/mol. The summed E-state index contributed by atoms with van der Waals surface area (Å²) in [5.41, 5.74) is 0.961. The Morgan fingerprint density at radius 1 is 1.50 bits per heavy atom. The summed E-state index contributed by atoms with van der Waals surface area (Å²) in [6.07, 6.45) is 2.95. The van der Waals surface area contributed by atoms with Crippen LogP contribution in [0, 0.1) is 0 Å². The van der Waals surface area contributed by atoms with Crippen LogP contribution in [0.25, 0.3) is 10.9 Å². The number of hydrogen-bond donors (Lipinski definition) is 1. The van der Waals surface area contributed by atoms with Gasteiger partial charge in [0.2, 0.25) is 0 Å². The standard InChI is InChI=1S/C12H12BrNO2/c1-2-3-12(15)16-11-7-14-10-5-4-8(13)6-9(10)11/h4-7,14H,2-3H2,1H3. The fourth-order valence-electron chi connectivity index (χ4n) is 1.53. The number of ether oxygens (including phenoxy) is 1. The van der Waals surface area contributed by atoms with E-state index in [2.05, 4.69) is 20.9 Å². The van der Waals surface area contributed by atoms with Gasteiger partial charge in [0.15, 0.2) is 5.75 Å². The number of halogens is 1. The molecule has 0 saturated carbocycles. The minimum Gasteiger partial charge on any atom is -0.424 e. The van der Waals surface area contributed by atoms with E-state index in [4.69, 9.17) is 4.74 Å². The maximum Gasteiger partial charge on any atom is 0.311 e. The van der Waals surface area contributed by atoms with Gasteiger partial charge in [-0.3, -0.25) is 4.79 Å². The third-order valence-electron chi connectivity index (χ3n) is 2.28. The van der Waals surface area contributed by atoms with Crippen molar-refractivity contribution in [3.63, 3.8) is 0 Å². The van der Waals surface area contributed by atoms with Crippen LogP contribution in [0.15, 0.2) is 28.9 Å². The molecule has 0 unspecified atom stereocenters. The molecule has 0 spiro atoms. The summed E-state index contributed by atoms with van der Waals surface area (Å²) in [5.74, 6) is 0.401. The molecule has 0 aliphatic heterocycles. The van der Waals surface area contributed by atoms with E-state index in [1.165, 1.54) is 0 Å². The SMILES string of the molecule is CCCC(=O)Oc1c[nH]c2ccc(Br)cc12. The third-order valence-corrected chi connectivity index (χ3v) is 2.78. The molecule has 0 amide bonds. The second-order valence-corrected chi connectivity index (χ2v) is 4.48. The first-order valence-corrected chi connectivity index (χ1v) is 5.97. The predicted molar refractivity (Wildman–Crippen MR) is 66.5 cm³/mol. The van der Waals surface area contributed by atoms with Crippen molar-refractivity contribution in [2.75, 3.05) is 0 Å². The lowest BCUT2D eigenvalue weighted by Crippen LogP contribution is -2.06. The van der Waals surface area contributed by atoms with Crippen molar-refractivity contribution >= 4 is 32.8 Å². The zero-order valence-corrected chi connectivity index (χ0v) is 10.5. The van der Waals surface area contributed by atoms with Gasteiger partial charge in [0.25, 0.3) is 0 Å². The van der Waals surface area contributed by atoms with Crippen LogP contribution >= 0.6 is 15.9 Å². The van der Waals surface area contributed by atoms with E-state index >= 15 is 0 Å². The number of fused-ring (bicyclic) bond motifs is 1. The number of nitrogens with one attached hydrogen (secondary N) is 1. The van der Waals surface area contributed by atoms with E-state index in [9.17, 15) is 4.79 Å². The summed E-state index contributed by atoms with van der Waals surface area (Å²) >= 11 is 3.39. The highest BCUT2D eigenvalue weighted by Crippen LogP contribution is 2.28. The lowest BCUT2D eigenvalue weighted by atomic mass is 10.2. The van der Waals surface area contributed by atoms with Gasteiger partial charge in [0, 0.05) is 28.0 Å². The van der Waals surface area contributed by atoms with Gasteiger partial charge in [-0.15, -0.1) is 0 Å². The monoisotopic (exact) mass is 281 g/mol. The Morgan fingerprint density at radius 2 is 2.31 bits per heavy atom. The number of carbonyl (C=O) groups is 1. The summed E-state index contributed by atoms with van der Waals surface area (Å²) < 4.78 is 6.24. The Balaban J connectivity index is 2.30. The van der Waals surface area contributed by atoms with E-state index in [0.717, 1.165) is 21.8 Å². The summed E-state index contributed by atoms with van der Waals surface area (Å²) in [7, 11) is 0. The molecule has 4 heteroatoms. The minimum atomic E-state index is -0.191. The first kappa shape index (κ1) is 11.2. The normalized spacial score (nSPS) is 10.6. The number of esters is 1. The maximum absolute atomic E-state index is 11.4. The molecular weight excluding hydrogens is 270 g/mol. The largest absolute Gasteiger partial charge is 0.424 e. The van der Waals surface area contributed by atoms with E-state index in [1.807, 2.05) is 25.1 Å². The predicted octanol–water partition coefficient (Wildman–Crippen LogP) is 3.64. The molecule has 3 nitrogen and oxygen atoms in total. The van der Waals surface area contributed by atoms with Crippen LogP contribution in [0.3, 0.4) is 0 Å². The Labute approximate surface area is 102 Å². The molecule has 0 radical (unpaired) electrons. The summed E-state index contributed by atoms with van der Waals surface area (Å²) in [5, 5.41) is 0.916. The van der Waals surface area contributed by atoms with Crippen molar-refractivity contribution in [1.82, 2.24) is 4.98 Å². The van der Waals surface area contributed by atoms with Crippen molar-refractivity contribution in [1.29, 1.82) is 0 Å². The van der Waals surface area contributed by atoms with Gasteiger partial charge in [-0.1, -0.05) is 22.9 Å². The van der Waals surface area contributed by atoms with E-state index in [0.29, 0.717) is 12.2 Å². The molecule has 16 heavy (non-hydrogen) atoms. The molecule has 1 aromatic heterocycles. The van der Waals surface area contributed by atoms with Gasteiger partial charge in [-0.05, 0) is 24.6 Å². The van der Waals surface area contributed by atoms with Crippen molar-refractivity contribution < 1.29 is 9.53 Å². The lowest BCUT2D eigenvalue weighted by molar-refractivity contribution is -0.134. The second kappa shape index (κ2) is 4.70. The van der Waals surface area contributed by atoms with E-state index in [-0.39, 0.29) is 5.97 Å². The van der Waals surface area contributed by atoms with Crippen molar-refractivity contribution in [3.05, 3.63) is 28.9 Å². The number of benzene rings is 1. The van der Waals surface area contributed by atoms with Gasteiger partial charge < -0.3 is 9.72 Å². The van der Waals surface area contributed by atoms with Crippen LogP contribution in [0.4, 0.5) is 0 Å². The zero-order chi connectivity index (χ0) is 11.5. The number of hydrogen-bond acceptors (Lipinski definition) is 2. The van der Waals surface area contributed by atoms with E-state index in [1.54, 1.807) is 6.20 Å². The molecule has 0 atom stereocenters. The number of rotatable bonds is 3. The van der Waals surface area contributed by atoms with Gasteiger partial charge in [0.1, 0.15) is 0 Å². The first-order chi connectivity index (χ1) is 7.70. The van der Waals surface area contributed by atoms with Gasteiger partial charge in [-0.2, -0.15) is 0 Å². The molecular formula is C12H12BrNO2. The van der Waals surface area contributed by atoms with Gasteiger partial charge in [-0.25, -0.2) is 0 Å². The topological polar surface area (TPSA) is 42.1 Å². The van der Waals surface area contributed by atoms with Crippen LogP contribution in [-0.4, -0.2) is 11.0 Å². The number of aromatic amines is 1. The molecule has 2 rings (SSSR count). The van der Waals surface area contributed by atoms with Crippen LogP contribution in [0.1, 0.15) is 19.8 Å². The Kier molecular flexibility index (Phi) is 3.29. The third kappa shape index (κ3) is 2.27. The number of carbonyl (C=O) groups excluding carboxylic acids is 1. The van der Waals surface area contributed by atoms with E-state index < -0.39 is 0 Å². The quantitative estimate of drug-likeness (QED) is 0.873. The number of aromatic nitrogens is 1. The fraction of sp³-hybridized carbons (Fsp3) is 0.250. The highest BCUT2D eigenvalue weighted by molar-refractivity contribution is 9.10. The molecule has 1 heterocycles. The summed E-state index contributed by atoms with van der Waals surface area (Å²) in [4.78, 5) is 14.5. The molecule has 1 N–H and O–H groups in total. The van der Waals surface area contributed by atoms with Crippen LogP contribution in [-0.2, 0) is 4.79 Å². The summed E-state index contributed by atoms with van der Waals surface area (Å²) in [6.45, 7) is 1.95. The van der Waals surface area contributed by atoms with Crippen molar-refractivity contribution in [2.24, 2.45) is 0 Å². The average Bonchev–Trinajstić information content (AvgIpc) is 2.61. The molecule has 0 bridgehead atoms. The zero-order valence-electron chi connectivity index (χ0n) is 8.92. The van der Waals surface area contributed by atoms with Crippen LogP contribution in [0.2, 0.25) is 0 Å². The molecule has 0 fully saturated rings. The first-order valence-electron chi connectivity index (χ1n) is 5.18. The van der Waals surface area contributed by atoms with Crippen LogP contribution in [0.5, 0.6) is 5.75 Å². The van der Waals surface area contributed by atoms with Gasteiger partial charge in [0.05, 0.1) is 0 Å². The Hall–Kier alpha value is -1.29. The molecule has 84 valence electrons. The Bertz CT molecular complexity index is 519. The molecule has 2 aromatic rings. The second-order valence-electron chi connectivity index (χ2n) is 3.57. The fourth-order valence-corrected chi connectivity index (χ4v) is 1.89. The Morgan fingerprint density at radius 3 is 3.06 bits per heavy atom. The molecule has 0 aliphatic rings. The maximum atomic E-state index is 11.4. The van der Waals surface area contributed by atoms with Crippen LogP contribution < -0.4 is 4.74 Å². The molecule has 1 aromatic carbocycles. The number of H-pyrrole nitrogens is 1. The summed E-state index contributed by atoms with van der Waals surface area (Å²) in [6, 6.07) is 5.81. The molecule has 0 saturated heterocycles.